The van der Waals surface area contributed by atoms with Gasteiger partial charge in [-0.05, 0) is 37.0 Å². The van der Waals surface area contributed by atoms with E-state index in [-0.39, 0.29) is 29.5 Å². The SMILES string of the molecule is COc1cc(CCNC2=NCC3(CCCC3)N2)cc(OC)c1.I. The number of aliphatic imine (C=N–C) groups is 1. The van der Waals surface area contributed by atoms with Crippen molar-refractivity contribution in [3.63, 3.8) is 0 Å². The summed E-state index contributed by atoms with van der Waals surface area (Å²) in [5, 5.41) is 7.00. The van der Waals surface area contributed by atoms with Crippen LogP contribution in [0.4, 0.5) is 0 Å². The van der Waals surface area contributed by atoms with Crippen molar-refractivity contribution in [1.29, 1.82) is 0 Å². The third kappa shape index (κ3) is 4.43. The van der Waals surface area contributed by atoms with Gasteiger partial charge in [-0.25, -0.2) is 0 Å². The maximum absolute atomic E-state index is 5.30. The molecule has 0 unspecified atom stereocenters. The van der Waals surface area contributed by atoms with Gasteiger partial charge in [-0.2, -0.15) is 0 Å². The molecule has 1 saturated carbocycles. The van der Waals surface area contributed by atoms with E-state index in [9.17, 15) is 0 Å². The molecule has 2 N–H and O–H groups in total. The molecule has 1 aliphatic carbocycles. The lowest BCUT2D eigenvalue weighted by molar-refractivity contribution is 0.393. The van der Waals surface area contributed by atoms with Crippen LogP contribution in [-0.2, 0) is 6.42 Å². The molecule has 0 amide bonds. The van der Waals surface area contributed by atoms with Gasteiger partial charge in [-0.15, -0.1) is 24.0 Å². The van der Waals surface area contributed by atoms with Crippen LogP contribution in [0.3, 0.4) is 0 Å². The van der Waals surface area contributed by atoms with Gasteiger partial charge in [0.1, 0.15) is 11.5 Å². The van der Waals surface area contributed by atoms with Crippen molar-refractivity contribution >= 4 is 29.9 Å². The number of hydrogen-bond donors (Lipinski definition) is 2. The molecule has 6 heteroatoms. The summed E-state index contributed by atoms with van der Waals surface area (Å²) in [7, 11) is 3.35. The van der Waals surface area contributed by atoms with E-state index in [1.165, 1.54) is 31.2 Å². The third-order valence-electron chi connectivity index (χ3n) is 4.60. The highest BCUT2D eigenvalue weighted by atomic mass is 127. The predicted octanol–water partition coefficient (Wildman–Crippen LogP) is 2.73. The third-order valence-corrected chi connectivity index (χ3v) is 4.60. The van der Waals surface area contributed by atoms with Crippen LogP contribution in [0.15, 0.2) is 23.2 Å². The smallest absolute Gasteiger partial charge is 0.191 e. The van der Waals surface area contributed by atoms with Crippen molar-refractivity contribution in [3.8, 4) is 11.5 Å². The summed E-state index contributed by atoms with van der Waals surface area (Å²) in [6.45, 7) is 1.76. The average molecular weight is 431 g/mol. The molecule has 0 bridgehead atoms. The van der Waals surface area contributed by atoms with Gasteiger partial charge in [0.05, 0.1) is 26.3 Å². The molecule has 0 radical (unpaired) electrons. The van der Waals surface area contributed by atoms with E-state index in [1.54, 1.807) is 14.2 Å². The van der Waals surface area contributed by atoms with Crippen LogP contribution < -0.4 is 20.1 Å². The molecule has 0 atom stereocenters. The number of nitrogens with zero attached hydrogens (tertiary/aromatic N) is 1. The molecule has 23 heavy (non-hydrogen) atoms. The molecule has 3 rings (SSSR count). The summed E-state index contributed by atoms with van der Waals surface area (Å²) >= 11 is 0. The molecule has 0 aromatic heterocycles. The number of methoxy groups -OCH3 is 2. The van der Waals surface area contributed by atoms with Gasteiger partial charge >= 0.3 is 0 Å². The summed E-state index contributed by atoms with van der Waals surface area (Å²) in [4.78, 5) is 4.61. The molecule has 1 spiro atoms. The zero-order valence-corrected chi connectivity index (χ0v) is 16.2. The lowest BCUT2D eigenvalue weighted by Gasteiger charge is -2.23. The topological polar surface area (TPSA) is 54.9 Å². The standard InChI is InChI=1S/C17H25N3O2.HI/c1-21-14-9-13(10-15(11-14)22-2)5-8-18-16-19-12-17(20-16)6-3-4-7-17;/h9-11H,3-8,12H2,1-2H3,(H2,18,19,20);1H. The molecule has 1 fully saturated rings. The van der Waals surface area contributed by atoms with E-state index in [0.717, 1.165) is 37.0 Å². The minimum Gasteiger partial charge on any atom is -0.497 e. The Balaban J connectivity index is 0.00000192. The Labute approximate surface area is 155 Å². The zero-order chi connectivity index (χ0) is 15.4. The minimum absolute atomic E-state index is 0. The van der Waals surface area contributed by atoms with Crippen LogP contribution >= 0.6 is 24.0 Å². The second-order valence-electron chi connectivity index (χ2n) is 6.17. The van der Waals surface area contributed by atoms with Crippen molar-refractivity contribution in [3.05, 3.63) is 23.8 Å². The van der Waals surface area contributed by atoms with Crippen molar-refractivity contribution in [2.45, 2.75) is 37.6 Å². The second kappa shape index (κ2) is 8.08. The van der Waals surface area contributed by atoms with E-state index in [1.807, 2.05) is 18.2 Å². The molecular weight excluding hydrogens is 405 g/mol. The predicted molar refractivity (Wildman–Crippen MR) is 103 cm³/mol. The molecule has 2 aliphatic rings. The van der Waals surface area contributed by atoms with Gasteiger partial charge in [0.25, 0.3) is 0 Å². The molecule has 1 aromatic rings. The van der Waals surface area contributed by atoms with Crippen LogP contribution in [0.1, 0.15) is 31.2 Å². The first-order chi connectivity index (χ1) is 10.7. The lowest BCUT2D eigenvalue weighted by atomic mass is 9.99. The van der Waals surface area contributed by atoms with Crippen molar-refractivity contribution in [1.82, 2.24) is 10.6 Å². The minimum atomic E-state index is 0. The fraction of sp³-hybridized carbons (Fsp3) is 0.588. The number of rotatable bonds is 5. The number of ether oxygens (including phenoxy) is 2. The van der Waals surface area contributed by atoms with Crippen molar-refractivity contribution in [2.75, 3.05) is 27.3 Å². The molecule has 1 aromatic carbocycles. The monoisotopic (exact) mass is 431 g/mol. The highest BCUT2D eigenvalue weighted by Gasteiger charge is 2.37. The van der Waals surface area contributed by atoms with Gasteiger partial charge in [-0.1, -0.05) is 12.8 Å². The molecule has 128 valence electrons. The van der Waals surface area contributed by atoms with Gasteiger partial charge < -0.3 is 20.1 Å². The number of benzene rings is 1. The fourth-order valence-electron chi connectivity index (χ4n) is 3.33. The largest absolute Gasteiger partial charge is 0.497 e. The Hall–Kier alpha value is -1.18. The number of guanidine groups is 1. The van der Waals surface area contributed by atoms with Crippen molar-refractivity contribution < 1.29 is 9.47 Å². The first-order valence-electron chi connectivity index (χ1n) is 8.01. The highest BCUT2D eigenvalue weighted by molar-refractivity contribution is 14.0. The van der Waals surface area contributed by atoms with Crippen LogP contribution in [-0.4, -0.2) is 38.8 Å². The Bertz CT molecular complexity index is 535. The van der Waals surface area contributed by atoms with E-state index in [0.29, 0.717) is 0 Å². The van der Waals surface area contributed by atoms with Gasteiger partial charge in [0.15, 0.2) is 5.96 Å². The number of nitrogens with one attached hydrogen (secondary N) is 2. The Kier molecular flexibility index (Phi) is 6.38. The summed E-state index contributed by atoms with van der Waals surface area (Å²) in [6, 6.07) is 5.99. The average Bonchev–Trinajstić information content (AvgIpc) is 3.17. The Morgan fingerprint density at radius 2 is 1.78 bits per heavy atom. The Morgan fingerprint density at radius 3 is 2.39 bits per heavy atom. The first kappa shape index (κ1) is 18.2. The maximum Gasteiger partial charge on any atom is 0.191 e. The Morgan fingerprint density at radius 1 is 1.13 bits per heavy atom. The van der Waals surface area contributed by atoms with Crippen LogP contribution in [0.25, 0.3) is 0 Å². The van der Waals surface area contributed by atoms with Crippen LogP contribution in [0.2, 0.25) is 0 Å². The molecule has 5 nitrogen and oxygen atoms in total. The zero-order valence-electron chi connectivity index (χ0n) is 13.9. The molecule has 1 heterocycles. The van der Waals surface area contributed by atoms with E-state index in [2.05, 4.69) is 15.6 Å². The quantitative estimate of drug-likeness (QED) is 0.705. The molecule has 0 saturated heterocycles. The lowest BCUT2D eigenvalue weighted by Crippen LogP contribution is -2.47. The fourth-order valence-corrected chi connectivity index (χ4v) is 3.33. The van der Waals surface area contributed by atoms with Crippen molar-refractivity contribution in [2.24, 2.45) is 4.99 Å². The molecule has 1 aliphatic heterocycles. The van der Waals surface area contributed by atoms with Gasteiger partial charge in [-0.3, -0.25) is 4.99 Å². The summed E-state index contributed by atoms with van der Waals surface area (Å²) in [6.07, 6.45) is 6.03. The van der Waals surface area contributed by atoms with Crippen LogP contribution in [0.5, 0.6) is 11.5 Å². The van der Waals surface area contributed by atoms with Gasteiger partial charge in [0.2, 0.25) is 0 Å². The number of halogens is 1. The summed E-state index contributed by atoms with van der Waals surface area (Å²) in [5.74, 6) is 2.61. The normalized spacial score (nSPS) is 18.1. The van der Waals surface area contributed by atoms with E-state index < -0.39 is 0 Å². The van der Waals surface area contributed by atoms with E-state index in [4.69, 9.17) is 9.47 Å². The highest BCUT2D eigenvalue weighted by Crippen LogP contribution is 2.31. The van der Waals surface area contributed by atoms with E-state index >= 15 is 0 Å². The number of hydrogen-bond acceptors (Lipinski definition) is 5. The first-order valence-corrected chi connectivity index (χ1v) is 8.01. The summed E-state index contributed by atoms with van der Waals surface area (Å²) < 4.78 is 10.6. The second-order valence-corrected chi connectivity index (χ2v) is 6.17. The van der Waals surface area contributed by atoms with Crippen LogP contribution in [0, 0.1) is 0 Å². The maximum atomic E-state index is 5.30. The molecular formula is C17H26IN3O2. The van der Waals surface area contributed by atoms with Gasteiger partial charge in [0, 0.05) is 12.6 Å². The summed E-state index contributed by atoms with van der Waals surface area (Å²) in [5.41, 5.74) is 1.44.